The molecule has 0 aliphatic rings. The molecule has 110 valence electrons. The molecule has 1 heterocycles. The van der Waals surface area contributed by atoms with Gasteiger partial charge in [0.2, 0.25) is 0 Å². The summed E-state index contributed by atoms with van der Waals surface area (Å²) in [4.78, 5) is 0. The molecule has 0 bridgehead atoms. The van der Waals surface area contributed by atoms with Crippen molar-refractivity contribution in [3.63, 3.8) is 0 Å². The Morgan fingerprint density at radius 2 is 2.05 bits per heavy atom. The van der Waals surface area contributed by atoms with Crippen LogP contribution < -0.4 is 10.0 Å². The zero-order valence-electron chi connectivity index (χ0n) is 12.0. The number of hydrogen-bond donors (Lipinski definition) is 3. The molecule has 0 spiro atoms. The highest BCUT2D eigenvalue weighted by molar-refractivity contribution is 7.89. The van der Waals surface area contributed by atoms with Gasteiger partial charge in [0.1, 0.15) is 0 Å². The van der Waals surface area contributed by atoms with E-state index in [1.165, 1.54) is 0 Å². The lowest BCUT2D eigenvalue weighted by Gasteiger charge is -2.16. The zero-order chi connectivity index (χ0) is 14.5. The summed E-state index contributed by atoms with van der Waals surface area (Å²) in [6.07, 6.45) is 1.54. The van der Waals surface area contributed by atoms with Gasteiger partial charge >= 0.3 is 0 Å². The number of nitrogens with one attached hydrogen (secondary N) is 3. The molecule has 0 radical (unpaired) electrons. The van der Waals surface area contributed by atoms with Crippen molar-refractivity contribution in [3.05, 3.63) is 11.8 Å². The minimum Gasteiger partial charge on any atom is -0.313 e. The maximum atomic E-state index is 12.2. The van der Waals surface area contributed by atoms with Crippen LogP contribution in [0.25, 0.3) is 0 Å². The SMILES string of the molecule is CCNCc1cn[nH]c1S(=O)(=O)NCC(C)C(C)C. The molecule has 1 aromatic rings. The molecule has 0 saturated heterocycles. The first-order valence-electron chi connectivity index (χ1n) is 6.61. The van der Waals surface area contributed by atoms with Gasteiger partial charge in [-0.25, -0.2) is 13.1 Å². The third-order valence-electron chi connectivity index (χ3n) is 3.25. The van der Waals surface area contributed by atoms with Crippen LogP contribution in [0.1, 0.15) is 33.3 Å². The molecule has 19 heavy (non-hydrogen) atoms. The van der Waals surface area contributed by atoms with Crippen molar-refractivity contribution in [3.8, 4) is 0 Å². The lowest BCUT2D eigenvalue weighted by Crippen LogP contribution is -2.31. The molecule has 1 rings (SSSR count). The lowest BCUT2D eigenvalue weighted by molar-refractivity contribution is 0.414. The molecule has 1 aromatic heterocycles. The van der Waals surface area contributed by atoms with Crippen LogP contribution in [0.5, 0.6) is 0 Å². The number of aromatic nitrogens is 2. The zero-order valence-corrected chi connectivity index (χ0v) is 12.8. The van der Waals surface area contributed by atoms with Gasteiger partial charge in [-0.3, -0.25) is 5.10 Å². The van der Waals surface area contributed by atoms with Gasteiger partial charge < -0.3 is 5.32 Å². The Morgan fingerprint density at radius 1 is 1.37 bits per heavy atom. The highest BCUT2D eigenvalue weighted by Crippen LogP contribution is 2.13. The minimum atomic E-state index is -3.51. The average Bonchev–Trinajstić information content (AvgIpc) is 2.82. The van der Waals surface area contributed by atoms with Gasteiger partial charge in [-0.05, 0) is 18.4 Å². The number of sulfonamides is 1. The molecule has 0 aliphatic carbocycles. The number of H-pyrrole nitrogens is 1. The van der Waals surface area contributed by atoms with Crippen LogP contribution in [0, 0.1) is 11.8 Å². The van der Waals surface area contributed by atoms with Crippen LogP contribution >= 0.6 is 0 Å². The van der Waals surface area contributed by atoms with Gasteiger partial charge in [0, 0.05) is 18.7 Å². The Labute approximate surface area is 115 Å². The van der Waals surface area contributed by atoms with Crippen LogP contribution in [-0.4, -0.2) is 31.7 Å². The summed E-state index contributed by atoms with van der Waals surface area (Å²) in [5.74, 6) is 0.723. The van der Waals surface area contributed by atoms with Crippen molar-refractivity contribution >= 4 is 10.0 Å². The largest absolute Gasteiger partial charge is 0.313 e. The van der Waals surface area contributed by atoms with E-state index < -0.39 is 10.0 Å². The number of hydrogen-bond acceptors (Lipinski definition) is 4. The Kier molecular flexibility index (Phi) is 5.96. The van der Waals surface area contributed by atoms with Crippen LogP contribution in [0.15, 0.2) is 11.2 Å². The third kappa shape index (κ3) is 4.59. The van der Waals surface area contributed by atoms with Crippen molar-refractivity contribution in [2.75, 3.05) is 13.1 Å². The van der Waals surface area contributed by atoms with Crippen molar-refractivity contribution < 1.29 is 8.42 Å². The first-order valence-corrected chi connectivity index (χ1v) is 8.09. The van der Waals surface area contributed by atoms with Crippen LogP contribution in [0.2, 0.25) is 0 Å². The molecule has 0 aromatic carbocycles. The predicted molar refractivity (Wildman–Crippen MR) is 75.2 cm³/mol. The second-order valence-corrected chi connectivity index (χ2v) is 6.78. The molecule has 3 N–H and O–H groups in total. The van der Waals surface area contributed by atoms with Crippen molar-refractivity contribution in [2.45, 2.75) is 39.3 Å². The second-order valence-electron chi connectivity index (χ2n) is 5.08. The molecule has 0 amide bonds. The lowest BCUT2D eigenvalue weighted by atomic mass is 9.99. The normalized spacial score (nSPS) is 13.9. The van der Waals surface area contributed by atoms with Gasteiger partial charge in [0.25, 0.3) is 10.0 Å². The van der Waals surface area contributed by atoms with Gasteiger partial charge in [0.15, 0.2) is 5.03 Å². The van der Waals surface area contributed by atoms with Gasteiger partial charge in [-0.15, -0.1) is 0 Å². The summed E-state index contributed by atoms with van der Waals surface area (Å²) in [7, 11) is -3.51. The van der Waals surface area contributed by atoms with Gasteiger partial charge in [-0.2, -0.15) is 5.10 Å². The second kappa shape index (κ2) is 7.02. The maximum Gasteiger partial charge on any atom is 0.257 e. The molecule has 6 nitrogen and oxygen atoms in total. The molecule has 1 unspecified atom stereocenters. The van der Waals surface area contributed by atoms with Crippen molar-refractivity contribution in [1.82, 2.24) is 20.2 Å². The number of nitrogens with zero attached hydrogens (tertiary/aromatic N) is 1. The molecular weight excluding hydrogens is 264 g/mol. The van der Waals surface area contributed by atoms with E-state index in [2.05, 4.69) is 34.1 Å². The molecule has 7 heteroatoms. The molecule has 0 aliphatic heterocycles. The van der Waals surface area contributed by atoms with E-state index in [1.54, 1.807) is 6.20 Å². The molecule has 0 saturated carbocycles. The van der Waals surface area contributed by atoms with E-state index in [0.717, 1.165) is 6.54 Å². The fourth-order valence-electron chi connectivity index (χ4n) is 1.47. The molecule has 1 atom stereocenters. The van der Waals surface area contributed by atoms with E-state index in [4.69, 9.17) is 0 Å². The fourth-order valence-corrected chi connectivity index (χ4v) is 2.74. The fraction of sp³-hybridized carbons (Fsp3) is 0.750. The van der Waals surface area contributed by atoms with Crippen LogP contribution in [0.3, 0.4) is 0 Å². The summed E-state index contributed by atoms with van der Waals surface area (Å²) >= 11 is 0. The van der Waals surface area contributed by atoms with Crippen LogP contribution in [0.4, 0.5) is 0 Å². The number of rotatable bonds is 8. The third-order valence-corrected chi connectivity index (χ3v) is 4.68. The first kappa shape index (κ1) is 16.1. The average molecular weight is 288 g/mol. The summed E-state index contributed by atoms with van der Waals surface area (Å²) in [6.45, 7) is 9.85. The Bertz CT molecular complexity index is 482. The first-order chi connectivity index (χ1) is 8.88. The maximum absolute atomic E-state index is 12.2. The summed E-state index contributed by atoms with van der Waals surface area (Å²) in [5, 5.41) is 9.64. The standard InChI is InChI=1S/C12H24N4O2S/c1-5-13-7-11-8-14-16-12(11)19(17,18)15-6-10(4)9(2)3/h8-10,13,15H,5-7H2,1-4H3,(H,14,16). The van der Waals surface area contributed by atoms with E-state index in [0.29, 0.717) is 24.6 Å². The Morgan fingerprint density at radius 3 is 2.63 bits per heavy atom. The highest BCUT2D eigenvalue weighted by Gasteiger charge is 2.21. The van der Waals surface area contributed by atoms with E-state index >= 15 is 0 Å². The molecule has 0 fully saturated rings. The topological polar surface area (TPSA) is 86.9 Å². The van der Waals surface area contributed by atoms with E-state index in [9.17, 15) is 8.42 Å². The van der Waals surface area contributed by atoms with Gasteiger partial charge in [0.05, 0.1) is 6.20 Å². The summed E-state index contributed by atoms with van der Waals surface area (Å²) in [6, 6.07) is 0. The highest BCUT2D eigenvalue weighted by atomic mass is 32.2. The van der Waals surface area contributed by atoms with E-state index in [1.807, 2.05) is 13.8 Å². The Balaban J connectivity index is 2.74. The van der Waals surface area contributed by atoms with E-state index in [-0.39, 0.29) is 10.9 Å². The summed E-state index contributed by atoms with van der Waals surface area (Å²) in [5.41, 5.74) is 0.659. The minimum absolute atomic E-state index is 0.157. The Hall–Kier alpha value is -0.920. The van der Waals surface area contributed by atoms with Crippen LogP contribution in [-0.2, 0) is 16.6 Å². The molecular formula is C12H24N4O2S. The number of aromatic amines is 1. The quantitative estimate of drug-likeness (QED) is 0.668. The predicted octanol–water partition coefficient (Wildman–Crippen LogP) is 1.09. The van der Waals surface area contributed by atoms with Crippen molar-refractivity contribution in [2.24, 2.45) is 11.8 Å². The van der Waals surface area contributed by atoms with Gasteiger partial charge in [-0.1, -0.05) is 27.7 Å². The van der Waals surface area contributed by atoms with Crippen molar-refractivity contribution in [1.29, 1.82) is 0 Å². The smallest absolute Gasteiger partial charge is 0.257 e. The summed E-state index contributed by atoms with van der Waals surface area (Å²) < 4.78 is 27.0. The monoisotopic (exact) mass is 288 g/mol.